The van der Waals surface area contributed by atoms with Crippen molar-refractivity contribution in [3.8, 4) is 5.75 Å². The number of anilines is 1. The van der Waals surface area contributed by atoms with Crippen molar-refractivity contribution in [2.75, 3.05) is 12.8 Å². The molecule has 1 aromatic heterocycles. The number of aromatic amines is 1. The van der Waals surface area contributed by atoms with Crippen LogP contribution in [0.1, 0.15) is 28.7 Å². The molecule has 1 aromatic carbocycles. The van der Waals surface area contributed by atoms with Crippen molar-refractivity contribution in [1.82, 2.24) is 15.5 Å². The Morgan fingerprint density at radius 1 is 1.40 bits per heavy atom. The van der Waals surface area contributed by atoms with Crippen molar-refractivity contribution >= 4 is 11.6 Å². The molecule has 0 bridgehead atoms. The van der Waals surface area contributed by atoms with Gasteiger partial charge in [0, 0.05) is 6.54 Å². The standard InChI is InChI=1S/C14H18N4O2/c1-3-11-12(15)13(18-17-11)14(19)16-8-9-4-6-10(20-2)7-5-9/h4-7H,3,8,15H2,1-2H3,(H,16,19)(H,17,18). The van der Waals surface area contributed by atoms with Crippen LogP contribution >= 0.6 is 0 Å². The van der Waals surface area contributed by atoms with Crippen LogP contribution in [0.5, 0.6) is 5.75 Å². The Labute approximate surface area is 117 Å². The molecule has 0 aliphatic heterocycles. The second-order valence-electron chi connectivity index (χ2n) is 4.35. The lowest BCUT2D eigenvalue weighted by atomic mass is 10.2. The number of nitrogen functional groups attached to an aromatic ring is 1. The number of rotatable bonds is 5. The fourth-order valence-electron chi connectivity index (χ4n) is 1.84. The summed E-state index contributed by atoms with van der Waals surface area (Å²) in [4.78, 5) is 12.0. The summed E-state index contributed by atoms with van der Waals surface area (Å²) >= 11 is 0. The predicted molar refractivity (Wildman–Crippen MR) is 76.5 cm³/mol. The van der Waals surface area contributed by atoms with Crippen LogP contribution in [0.4, 0.5) is 5.69 Å². The Morgan fingerprint density at radius 3 is 2.65 bits per heavy atom. The number of aromatic nitrogens is 2. The maximum atomic E-state index is 12.0. The van der Waals surface area contributed by atoms with Gasteiger partial charge in [-0.25, -0.2) is 0 Å². The fourth-order valence-corrected chi connectivity index (χ4v) is 1.84. The summed E-state index contributed by atoms with van der Waals surface area (Å²) in [6, 6.07) is 7.48. The SMILES string of the molecule is CCc1[nH]nc(C(=O)NCc2ccc(OC)cc2)c1N. The first kappa shape index (κ1) is 13.9. The summed E-state index contributed by atoms with van der Waals surface area (Å²) in [5, 5.41) is 9.50. The van der Waals surface area contributed by atoms with E-state index >= 15 is 0 Å². The summed E-state index contributed by atoms with van der Waals surface area (Å²) in [6.07, 6.45) is 0.713. The molecule has 2 aromatic rings. The van der Waals surface area contributed by atoms with Gasteiger partial charge in [0.25, 0.3) is 5.91 Å². The van der Waals surface area contributed by atoms with Gasteiger partial charge >= 0.3 is 0 Å². The van der Waals surface area contributed by atoms with Gasteiger partial charge in [-0.05, 0) is 24.1 Å². The highest BCUT2D eigenvalue weighted by atomic mass is 16.5. The minimum Gasteiger partial charge on any atom is -0.497 e. The first-order valence-electron chi connectivity index (χ1n) is 6.39. The summed E-state index contributed by atoms with van der Waals surface area (Å²) < 4.78 is 5.08. The number of carbonyl (C=O) groups excluding carboxylic acids is 1. The minimum absolute atomic E-state index is 0.246. The largest absolute Gasteiger partial charge is 0.497 e. The normalized spacial score (nSPS) is 10.3. The van der Waals surface area contributed by atoms with E-state index in [4.69, 9.17) is 10.5 Å². The minimum atomic E-state index is -0.283. The highest BCUT2D eigenvalue weighted by Gasteiger charge is 2.15. The third kappa shape index (κ3) is 2.90. The number of aryl methyl sites for hydroxylation is 1. The lowest BCUT2D eigenvalue weighted by molar-refractivity contribution is 0.0947. The van der Waals surface area contributed by atoms with E-state index in [2.05, 4.69) is 15.5 Å². The number of methoxy groups -OCH3 is 1. The maximum Gasteiger partial charge on any atom is 0.274 e. The van der Waals surface area contributed by atoms with Crippen molar-refractivity contribution in [2.24, 2.45) is 0 Å². The highest BCUT2D eigenvalue weighted by molar-refractivity contribution is 5.97. The van der Waals surface area contributed by atoms with Crippen LogP contribution in [0.15, 0.2) is 24.3 Å². The van der Waals surface area contributed by atoms with Crippen molar-refractivity contribution in [1.29, 1.82) is 0 Å². The average Bonchev–Trinajstić information content (AvgIpc) is 2.86. The van der Waals surface area contributed by atoms with Gasteiger partial charge < -0.3 is 15.8 Å². The molecule has 0 aliphatic carbocycles. The van der Waals surface area contributed by atoms with E-state index in [1.54, 1.807) is 7.11 Å². The zero-order valence-electron chi connectivity index (χ0n) is 11.6. The third-order valence-electron chi connectivity index (χ3n) is 3.06. The lowest BCUT2D eigenvalue weighted by Crippen LogP contribution is -2.24. The van der Waals surface area contributed by atoms with Gasteiger partial charge in [-0.3, -0.25) is 9.89 Å². The second kappa shape index (κ2) is 6.10. The first-order valence-corrected chi connectivity index (χ1v) is 6.39. The molecule has 0 spiro atoms. The van der Waals surface area contributed by atoms with Gasteiger partial charge in [0.05, 0.1) is 18.5 Å². The second-order valence-corrected chi connectivity index (χ2v) is 4.35. The first-order chi connectivity index (χ1) is 9.65. The van der Waals surface area contributed by atoms with E-state index in [1.165, 1.54) is 0 Å². The molecule has 0 aliphatic rings. The predicted octanol–water partition coefficient (Wildman–Crippen LogP) is 1.49. The number of benzene rings is 1. The number of nitrogens with two attached hydrogens (primary N) is 1. The van der Waals surface area contributed by atoms with Crippen molar-refractivity contribution < 1.29 is 9.53 Å². The van der Waals surface area contributed by atoms with E-state index < -0.39 is 0 Å². The van der Waals surface area contributed by atoms with Crippen LogP contribution < -0.4 is 15.8 Å². The zero-order chi connectivity index (χ0) is 14.5. The molecule has 0 atom stereocenters. The molecule has 0 saturated carbocycles. The summed E-state index contributed by atoms with van der Waals surface area (Å²) in [5.41, 5.74) is 8.27. The maximum absolute atomic E-state index is 12.0. The number of H-pyrrole nitrogens is 1. The monoisotopic (exact) mass is 274 g/mol. The number of ether oxygens (including phenoxy) is 1. The van der Waals surface area contributed by atoms with E-state index in [9.17, 15) is 4.79 Å². The Bertz CT molecular complexity index is 590. The smallest absolute Gasteiger partial charge is 0.274 e. The van der Waals surface area contributed by atoms with E-state index in [0.29, 0.717) is 18.7 Å². The fraction of sp³-hybridized carbons (Fsp3) is 0.286. The molecular weight excluding hydrogens is 256 g/mol. The number of amides is 1. The number of hydrogen-bond donors (Lipinski definition) is 3. The summed E-state index contributed by atoms with van der Waals surface area (Å²) in [7, 11) is 1.61. The van der Waals surface area contributed by atoms with Crippen molar-refractivity contribution in [3.05, 3.63) is 41.2 Å². The molecule has 0 saturated heterocycles. The molecular formula is C14H18N4O2. The molecule has 1 amide bonds. The molecule has 6 nitrogen and oxygen atoms in total. The lowest BCUT2D eigenvalue weighted by Gasteiger charge is -2.05. The van der Waals surface area contributed by atoms with Crippen LogP contribution in [0.25, 0.3) is 0 Å². The molecule has 106 valence electrons. The molecule has 0 radical (unpaired) electrons. The van der Waals surface area contributed by atoms with Gasteiger partial charge in [0.2, 0.25) is 0 Å². The van der Waals surface area contributed by atoms with Gasteiger partial charge in [-0.1, -0.05) is 19.1 Å². The molecule has 20 heavy (non-hydrogen) atoms. The quantitative estimate of drug-likeness (QED) is 0.770. The third-order valence-corrected chi connectivity index (χ3v) is 3.06. The van der Waals surface area contributed by atoms with Gasteiger partial charge in [-0.2, -0.15) is 5.10 Å². The van der Waals surface area contributed by atoms with Crippen molar-refractivity contribution in [2.45, 2.75) is 19.9 Å². The topological polar surface area (TPSA) is 93.0 Å². The van der Waals surface area contributed by atoms with E-state index in [-0.39, 0.29) is 11.6 Å². The Hall–Kier alpha value is -2.50. The van der Waals surface area contributed by atoms with Crippen LogP contribution in [-0.2, 0) is 13.0 Å². The van der Waals surface area contributed by atoms with Crippen LogP contribution in [0, 0.1) is 0 Å². The number of hydrogen-bond acceptors (Lipinski definition) is 4. The van der Waals surface area contributed by atoms with Crippen LogP contribution in [-0.4, -0.2) is 23.2 Å². The van der Waals surface area contributed by atoms with Gasteiger partial charge in [0.1, 0.15) is 5.75 Å². The summed E-state index contributed by atoms with van der Waals surface area (Å²) in [6.45, 7) is 2.36. The van der Waals surface area contributed by atoms with E-state index in [1.807, 2.05) is 31.2 Å². The zero-order valence-corrected chi connectivity index (χ0v) is 11.6. The Balaban J connectivity index is 1.99. The van der Waals surface area contributed by atoms with E-state index in [0.717, 1.165) is 17.0 Å². The van der Waals surface area contributed by atoms with Crippen LogP contribution in [0.2, 0.25) is 0 Å². The number of nitrogens with zero attached hydrogens (tertiary/aromatic N) is 1. The van der Waals surface area contributed by atoms with Gasteiger partial charge in [0.15, 0.2) is 5.69 Å². The molecule has 0 fully saturated rings. The molecule has 2 rings (SSSR count). The molecule has 0 unspecified atom stereocenters. The average molecular weight is 274 g/mol. The summed E-state index contributed by atoms with van der Waals surface area (Å²) in [5.74, 6) is 0.499. The highest BCUT2D eigenvalue weighted by Crippen LogP contribution is 2.15. The molecule has 6 heteroatoms. The van der Waals surface area contributed by atoms with Crippen molar-refractivity contribution in [3.63, 3.8) is 0 Å². The Morgan fingerprint density at radius 2 is 2.10 bits per heavy atom. The van der Waals surface area contributed by atoms with Crippen LogP contribution in [0.3, 0.4) is 0 Å². The number of carbonyl (C=O) groups is 1. The van der Waals surface area contributed by atoms with Gasteiger partial charge in [-0.15, -0.1) is 0 Å². The molecule has 4 N–H and O–H groups in total. The number of nitrogens with one attached hydrogen (secondary N) is 2. The molecule has 1 heterocycles. The Kier molecular flexibility index (Phi) is 4.24.